The van der Waals surface area contributed by atoms with E-state index in [2.05, 4.69) is 27.7 Å². The van der Waals surface area contributed by atoms with Crippen LogP contribution in [-0.2, 0) is 25.7 Å². The number of nitrogens with zero attached hydrogens (tertiary/aromatic N) is 1. The van der Waals surface area contributed by atoms with Crippen molar-refractivity contribution in [3.63, 3.8) is 0 Å². The highest BCUT2D eigenvalue weighted by molar-refractivity contribution is 5.74. The molecule has 0 spiro atoms. The highest BCUT2D eigenvalue weighted by Gasteiger charge is 2.45. The van der Waals surface area contributed by atoms with Gasteiger partial charge in [0, 0.05) is 34.3 Å². The van der Waals surface area contributed by atoms with Crippen LogP contribution in [0.2, 0.25) is 0 Å². The van der Waals surface area contributed by atoms with Crippen molar-refractivity contribution in [2.75, 3.05) is 0 Å². The van der Waals surface area contributed by atoms with E-state index in [0.29, 0.717) is 24.2 Å². The molecule has 0 aromatic heterocycles. The molecule has 1 nitrogen and oxygen atoms in total. The van der Waals surface area contributed by atoms with Crippen LogP contribution in [0, 0.1) is 5.82 Å². The van der Waals surface area contributed by atoms with Crippen LogP contribution in [-0.4, -0.2) is 0 Å². The van der Waals surface area contributed by atoms with Gasteiger partial charge >= 0.3 is 0 Å². The molecule has 0 atom stereocenters. The first-order valence-corrected chi connectivity index (χ1v) is 14.6. The molecule has 37 heavy (non-hydrogen) atoms. The maximum Gasteiger partial charge on any atom is 0.221 e. The predicted molar refractivity (Wildman–Crippen MR) is 156 cm³/mol. The molecule has 0 aliphatic heterocycles. The molecule has 0 saturated carbocycles. The molecule has 3 rings (SSSR count). The zero-order valence-corrected chi connectivity index (χ0v) is 23.5. The topological polar surface area (TPSA) is 0 Å². The van der Waals surface area contributed by atoms with Crippen LogP contribution in [0.5, 0.6) is 0 Å². The number of hydrogen-bond acceptors (Lipinski definition) is 0. The summed E-state index contributed by atoms with van der Waals surface area (Å²) in [6.45, 7) is 8.68. The molecule has 200 valence electrons. The lowest BCUT2D eigenvalue weighted by Gasteiger charge is -2.31. The number of unbranched alkanes of at least 4 members (excludes halogenated alkanes) is 4. The van der Waals surface area contributed by atoms with Gasteiger partial charge in [-0.3, -0.25) is 0 Å². The number of quaternary nitrogens is 1. The molecule has 0 bridgehead atoms. The minimum absolute atomic E-state index is 0.211. The van der Waals surface area contributed by atoms with Gasteiger partial charge in [0.2, 0.25) is 5.69 Å². The Morgan fingerprint density at radius 3 is 1.27 bits per heavy atom. The van der Waals surface area contributed by atoms with E-state index in [4.69, 9.17) is 0 Å². The van der Waals surface area contributed by atoms with Gasteiger partial charge in [-0.25, -0.2) is 0 Å². The van der Waals surface area contributed by atoms with Gasteiger partial charge in [0.25, 0.3) is 0 Å². The van der Waals surface area contributed by atoms with Crippen molar-refractivity contribution in [1.29, 1.82) is 0 Å². The van der Waals surface area contributed by atoms with E-state index >= 15 is 8.87 Å². The van der Waals surface area contributed by atoms with Gasteiger partial charge in [-0.05, 0) is 72.8 Å². The molecule has 0 radical (unpaired) electrons. The summed E-state index contributed by atoms with van der Waals surface area (Å²) in [4.78, 5) is 0. The maximum absolute atomic E-state index is 18.0. The van der Waals surface area contributed by atoms with Gasteiger partial charge in [0.1, 0.15) is 0 Å². The maximum atomic E-state index is 18.0. The summed E-state index contributed by atoms with van der Waals surface area (Å²) in [6, 6.07) is 18.3. The predicted octanol–water partition coefficient (Wildman–Crippen LogP) is 11.1. The zero-order chi connectivity index (χ0) is 26.7. The molecule has 0 aliphatic rings. The van der Waals surface area contributed by atoms with Crippen LogP contribution in [0.3, 0.4) is 0 Å². The van der Waals surface area contributed by atoms with E-state index in [1.165, 1.54) is 11.1 Å². The van der Waals surface area contributed by atoms with Crippen molar-refractivity contribution in [3.8, 4) is 0 Å². The van der Waals surface area contributed by atoms with E-state index in [9.17, 15) is 0 Å². The Balaban J connectivity index is 2.47. The average Bonchev–Trinajstić information content (AvgIpc) is 2.94. The van der Waals surface area contributed by atoms with E-state index in [0.717, 1.165) is 75.3 Å². The summed E-state index contributed by atoms with van der Waals surface area (Å²) >= 11 is 0. The third kappa shape index (κ3) is 6.49. The van der Waals surface area contributed by atoms with Gasteiger partial charge in [-0.2, -0.15) is 4.39 Å². The Labute approximate surface area is 224 Å². The summed E-state index contributed by atoms with van der Waals surface area (Å²) in [5.74, 6) is -0.332. The van der Waals surface area contributed by atoms with Crippen LogP contribution >= 0.6 is 0 Å². The molecule has 0 heterocycles. The normalized spacial score (nSPS) is 11.7. The standard InChI is InChI=1S/C34H46F2N/c1-5-9-23-29-30(24-10-6-2)32(26-12-8-4)34(33(35)31(29)25-11-7-3)37(36,27-19-15-13-16-20-27)28-21-17-14-18-22-28/h13-22H,5-12,23-26H2,1-4H3/q+1. The van der Waals surface area contributed by atoms with Gasteiger partial charge in [0.15, 0.2) is 17.2 Å². The molecule has 0 unspecified atom stereocenters. The second-order valence-corrected chi connectivity index (χ2v) is 10.3. The van der Waals surface area contributed by atoms with E-state index in [1.807, 2.05) is 36.4 Å². The van der Waals surface area contributed by atoms with Gasteiger partial charge < -0.3 is 0 Å². The van der Waals surface area contributed by atoms with Gasteiger partial charge in [-0.1, -0.05) is 89.8 Å². The molecular formula is C34H46F2N+. The van der Waals surface area contributed by atoms with Crippen molar-refractivity contribution >= 4 is 17.1 Å². The minimum atomic E-state index is -1.14. The smallest absolute Gasteiger partial charge is 0.200 e. The summed E-state index contributed by atoms with van der Waals surface area (Å²) in [5.41, 5.74) is 5.13. The molecule has 0 fully saturated rings. The second kappa shape index (κ2) is 14.4. The minimum Gasteiger partial charge on any atom is -0.200 e. The number of para-hydroxylation sites is 2. The van der Waals surface area contributed by atoms with E-state index < -0.39 is 4.71 Å². The van der Waals surface area contributed by atoms with Crippen LogP contribution in [0.1, 0.15) is 101 Å². The van der Waals surface area contributed by atoms with E-state index in [-0.39, 0.29) is 11.5 Å². The largest absolute Gasteiger partial charge is 0.221 e. The monoisotopic (exact) mass is 506 g/mol. The summed E-state index contributed by atoms with van der Waals surface area (Å²) < 4.78 is 34.0. The lowest BCUT2D eigenvalue weighted by atomic mass is 9.84. The molecule has 3 heteroatoms. The Kier molecular flexibility index (Phi) is 11.3. The Hall–Kier alpha value is -2.52. The van der Waals surface area contributed by atoms with E-state index in [1.54, 1.807) is 24.3 Å². The first kappa shape index (κ1) is 29.0. The number of benzene rings is 3. The van der Waals surface area contributed by atoms with Crippen molar-refractivity contribution < 1.29 is 8.87 Å². The number of hydrogen-bond donors (Lipinski definition) is 0. The molecule has 0 aliphatic carbocycles. The zero-order valence-electron chi connectivity index (χ0n) is 23.5. The van der Waals surface area contributed by atoms with Crippen molar-refractivity contribution in [2.45, 2.75) is 105 Å². The lowest BCUT2D eigenvalue weighted by molar-refractivity contribution is 0.174. The number of rotatable bonds is 15. The fourth-order valence-electron chi connectivity index (χ4n) is 5.46. The Morgan fingerprint density at radius 2 is 0.865 bits per heavy atom. The highest BCUT2D eigenvalue weighted by Crippen LogP contribution is 2.50. The van der Waals surface area contributed by atoms with Crippen molar-refractivity contribution in [1.82, 2.24) is 4.71 Å². The lowest BCUT2D eigenvalue weighted by Crippen LogP contribution is -2.32. The third-order valence-corrected chi connectivity index (χ3v) is 7.50. The summed E-state index contributed by atoms with van der Waals surface area (Å²) in [5, 5.41) is 0. The van der Waals surface area contributed by atoms with Gasteiger partial charge in [-0.15, -0.1) is 0 Å². The van der Waals surface area contributed by atoms with Crippen LogP contribution in [0.4, 0.5) is 25.9 Å². The Bertz CT molecular complexity index is 1050. The first-order valence-electron chi connectivity index (χ1n) is 14.6. The first-order chi connectivity index (χ1) is 18.0. The highest BCUT2D eigenvalue weighted by atomic mass is 19.2. The molecule has 3 aromatic carbocycles. The SMILES string of the molecule is CCCCc1c(F)c([N+](F)(c2ccccc2)c2ccccc2)c(CCCC)c(CCCC)c1CCCC. The Morgan fingerprint density at radius 1 is 0.514 bits per heavy atom. The molecule has 3 aromatic rings. The quantitative estimate of drug-likeness (QED) is 0.180. The fraction of sp³-hybridized carbons (Fsp3) is 0.471. The average molecular weight is 507 g/mol. The molecule has 0 amide bonds. The van der Waals surface area contributed by atoms with Gasteiger partial charge in [0.05, 0.1) is 0 Å². The van der Waals surface area contributed by atoms with Crippen LogP contribution < -0.4 is 4.71 Å². The number of halogens is 2. The van der Waals surface area contributed by atoms with Crippen molar-refractivity contribution in [3.05, 3.63) is 88.7 Å². The van der Waals surface area contributed by atoms with Crippen LogP contribution in [0.25, 0.3) is 0 Å². The summed E-state index contributed by atoms with van der Waals surface area (Å²) in [7, 11) is 0. The van der Waals surface area contributed by atoms with Crippen LogP contribution in [0.15, 0.2) is 60.7 Å². The summed E-state index contributed by atoms with van der Waals surface area (Å²) in [6.07, 6.45) is 11.1. The second-order valence-electron chi connectivity index (χ2n) is 10.3. The van der Waals surface area contributed by atoms with Crippen molar-refractivity contribution in [2.24, 2.45) is 0 Å². The molecule has 0 N–H and O–H groups in total. The fourth-order valence-corrected chi connectivity index (χ4v) is 5.46. The molecule has 0 saturated heterocycles. The third-order valence-electron chi connectivity index (χ3n) is 7.50. The molecular weight excluding hydrogens is 460 g/mol.